The number of H-pyrrole nitrogens is 1. The number of rotatable bonds is 8. The molecule has 1 N–H and O–H groups in total. The fourth-order valence-electron chi connectivity index (χ4n) is 2.72. The van der Waals surface area contributed by atoms with Crippen molar-refractivity contribution in [3.63, 3.8) is 0 Å². The maximum Gasteiger partial charge on any atom is 0.355 e. The molecule has 0 fully saturated rings. The first kappa shape index (κ1) is 20.2. The number of carbonyl (C=O) groups is 3. The molecule has 27 heavy (non-hydrogen) atoms. The Bertz CT molecular complexity index is 809. The maximum absolute atomic E-state index is 12.6. The van der Waals surface area contributed by atoms with Crippen LogP contribution in [-0.4, -0.2) is 30.0 Å². The van der Waals surface area contributed by atoms with Crippen molar-refractivity contribution < 1.29 is 28.6 Å². The van der Waals surface area contributed by atoms with Gasteiger partial charge in [0.2, 0.25) is 0 Å². The quantitative estimate of drug-likeness (QED) is 0.565. The zero-order valence-electron chi connectivity index (χ0n) is 15.7. The van der Waals surface area contributed by atoms with Crippen LogP contribution in [0.4, 0.5) is 0 Å². The number of nitrogens with one attached hydrogen (secondary N) is 1. The van der Waals surface area contributed by atoms with Gasteiger partial charge in [-0.2, -0.15) is 0 Å². The number of benzene rings is 1. The molecule has 0 amide bonds. The third-order valence-corrected chi connectivity index (χ3v) is 4.05. The summed E-state index contributed by atoms with van der Waals surface area (Å²) in [5.41, 5.74) is 2.86. The average Bonchev–Trinajstić information content (AvgIpc) is 3.02. The van der Waals surface area contributed by atoms with Crippen LogP contribution >= 0.6 is 0 Å². The topological polar surface area (TPSA) is 94.7 Å². The van der Waals surface area contributed by atoms with Gasteiger partial charge in [0.25, 0.3) is 0 Å². The number of ether oxygens (including phenoxy) is 3. The molecule has 7 heteroatoms. The lowest BCUT2D eigenvalue weighted by Gasteiger charge is -2.07. The average molecular weight is 373 g/mol. The van der Waals surface area contributed by atoms with Gasteiger partial charge in [-0.05, 0) is 23.1 Å². The first-order valence-electron chi connectivity index (χ1n) is 8.60. The number of hydrogen-bond donors (Lipinski definition) is 1. The van der Waals surface area contributed by atoms with Gasteiger partial charge >= 0.3 is 17.9 Å². The van der Waals surface area contributed by atoms with Crippen LogP contribution in [0.5, 0.6) is 0 Å². The standard InChI is InChI=1S/C20H23NO6/c1-4-15-16(10-18(23)25-3)17(12-26-13(2)22)21-19(15)20(24)27-11-14-8-6-5-7-9-14/h5-9,21H,4,10-12H2,1-3H3. The van der Waals surface area contributed by atoms with Crippen molar-refractivity contribution in [1.29, 1.82) is 0 Å². The van der Waals surface area contributed by atoms with Crippen molar-refractivity contribution in [3.8, 4) is 0 Å². The Kier molecular flexibility index (Phi) is 7.16. The molecule has 1 heterocycles. The lowest BCUT2D eigenvalue weighted by Crippen LogP contribution is -2.10. The molecule has 1 aromatic carbocycles. The van der Waals surface area contributed by atoms with Crippen LogP contribution in [0, 0.1) is 0 Å². The summed E-state index contributed by atoms with van der Waals surface area (Å²) >= 11 is 0. The number of methoxy groups -OCH3 is 1. The smallest absolute Gasteiger partial charge is 0.355 e. The summed E-state index contributed by atoms with van der Waals surface area (Å²) in [7, 11) is 1.29. The predicted molar refractivity (Wildman–Crippen MR) is 96.9 cm³/mol. The molecule has 1 aromatic heterocycles. The fraction of sp³-hybridized carbons (Fsp3) is 0.350. The van der Waals surface area contributed by atoms with E-state index in [4.69, 9.17) is 14.2 Å². The van der Waals surface area contributed by atoms with Gasteiger partial charge in [0.05, 0.1) is 19.2 Å². The molecule has 0 aliphatic rings. The van der Waals surface area contributed by atoms with Gasteiger partial charge in [0.1, 0.15) is 18.9 Å². The van der Waals surface area contributed by atoms with Gasteiger partial charge in [0.15, 0.2) is 0 Å². The van der Waals surface area contributed by atoms with E-state index >= 15 is 0 Å². The van der Waals surface area contributed by atoms with Crippen molar-refractivity contribution in [2.75, 3.05) is 7.11 Å². The molecule has 0 aliphatic heterocycles. The minimum Gasteiger partial charge on any atom is -0.469 e. The zero-order valence-corrected chi connectivity index (χ0v) is 15.7. The Labute approximate surface area is 157 Å². The van der Waals surface area contributed by atoms with Gasteiger partial charge in [-0.3, -0.25) is 9.59 Å². The summed E-state index contributed by atoms with van der Waals surface area (Å²) in [5, 5.41) is 0. The van der Waals surface area contributed by atoms with E-state index in [9.17, 15) is 14.4 Å². The van der Waals surface area contributed by atoms with Crippen LogP contribution in [0.2, 0.25) is 0 Å². The van der Waals surface area contributed by atoms with Gasteiger partial charge in [-0.15, -0.1) is 0 Å². The van der Waals surface area contributed by atoms with Crippen molar-refractivity contribution in [3.05, 3.63) is 58.4 Å². The SMILES string of the molecule is CCc1c(C(=O)OCc2ccccc2)[nH]c(COC(C)=O)c1CC(=O)OC. The van der Waals surface area contributed by atoms with E-state index in [0.29, 0.717) is 23.2 Å². The highest BCUT2D eigenvalue weighted by Crippen LogP contribution is 2.23. The zero-order chi connectivity index (χ0) is 19.8. The normalized spacial score (nSPS) is 10.3. The van der Waals surface area contributed by atoms with Crippen LogP contribution in [0.1, 0.15) is 46.7 Å². The third kappa shape index (κ3) is 5.44. The van der Waals surface area contributed by atoms with E-state index in [0.717, 1.165) is 5.56 Å². The van der Waals surface area contributed by atoms with Crippen molar-refractivity contribution in [1.82, 2.24) is 4.98 Å². The first-order chi connectivity index (χ1) is 13.0. The van der Waals surface area contributed by atoms with E-state index in [1.807, 2.05) is 37.3 Å². The summed E-state index contributed by atoms with van der Waals surface area (Å²) in [6.07, 6.45) is 0.470. The highest BCUT2D eigenvalue weighted by Gasteiger charge is 2.24. The summed E-state index contributed by atoms with van der Waals surface area (Å²) in [6, 6.07) is 9.32. The van der Waals surface area contributed by atoms with Crippen LogP contribution in [0.25, 0.3) is 0 Å². The molecule has 7 nitrogen and oxygen atoms in total. The molecule has 0 aliphatic carbocycles. The molecule has 0 radical (unpaired) electrons. The van der Waals surface area contributed by atoms with Crippen molar-refractivity contribution >= 4 is 17.9 Å². The second-order valence-corrected chi connectivity index (χ2v) is 5.88. The summed E-state index contributed by atoms with van der Waals surface area (Å²) < 4.78 is 15.2. The van der Waals surface area contributed by atoms with Crippen LogP contribution in [0.3, 0.4) is 0 Å². The lowest BCUT2D eigenvalue weighted by atomic mass is 10.0. The van der Waals surface area contributed by atoms with Gasteiger partial charge in [0, 0.05) is 6.92 Å². The van der Waals surface area contributed by atoms with E-state index in [1.165, 1.54) is 14.0 Å². The maximum atomic E-state index is 12.6. The van der Waals surface area contributed by atoms with E-state index in [-0.39, 0.29) is 25.3 Å². The Hall–Kier alpha value is -3.09. The highest BCUT2D eigenvalue weighted by atomic mass is 16.5. The Morgan fingerprint density at radius 2 is 1.70 bits per heavy atom. The van der Waals surface area contributed by atoms with E-state index in [2.05, 4.69) is 4.98 Å². The summed E-state index contributed by atoms with van der Waals surface area (Å²) in [4.78, 5) is 38.5. The van der Waals surface area contributed by atoms with Crippen LogP contribution in [0.15, 0.2) is 30.3 Å². The van der Waals surface area contributed by atoms with Gasteiger partial charge in [-0.25, -0.2) is 4.79 Å². The predicted octanol–water partition coefficient (Wildman–Crippen LogP) is 2.71. The summed E-state index contributed by atoms with van der Waals surface area (Å²) in [6.45, 7) is 3.22. The molecule has 0 saturated carbocycles. The van der Waals surface area contributed by atoms with Gasteiger partial charge < -0.3 is 19.2 Å². The number of aromatic amines is 1. The number of esters is 3. The fourth-order valence-corrected chi connectivity index (χ4v) is 2.72. The van der Waals surface area contributed by atoms with E-state index < -0.39 is 17.9 Å². The van der Waals surface area contributed by atoms with Crippen LogP contribution < -0.4 is 0 Å². The molecule has 2 aromatic rings. The lowest BCUT2D eigenvalue weighted by molar-refractivity contribution is -0.142. The Balaban J connectivity index is 2.27. The molecule has 0 atom stereocenters. The number of aromatic nitrogens is 1. The first-order valence-corrected chi connectivity index (χ1v) is 8.60. The molecule has 0 bridgehead atoms. The Morgan fingerprint density at radius 1 is 1.00 bits per heavy atom. The van der Waals surface area contributed by atoms with Crippen molar-refractivity contribution in [2.24, 2.45) is 0 Å². The van der Waals surface area contributed by atoms with Gasteiger partial charge in [-0.1, -0.05) is 37.3 Å². The third-order valence-electron chi connectivity index (χ3n) is 4.05. The second kappa shape index (κ2) is 9.56. The largest absolute Gasteiger partial charge is 0.469 e. The van der Waals surface area contributed by atoms with Crippen molar-refractivity contribution in [2.45, 2.75) is 39.9 Å². The number of hydrogen-bond acceptors (Lipinski definition) is 6. The molecule has 144 valence electrons. The molecule has 0 spiro atoms. The Morgan fingerprint density at radius 3 is 2.30 bits per heavy atom. The minimum atomic E-state index is -0.532. The molecular formula is C20H23NO6. The molecule has 0 saturated heterocycles. The monoisotopic (exact) mass is 373 g/mol. The minimum absolute atomic E-state index is 0.0290. The van der Waals surface area contributed by atoms with E-state index in [1.54, 1.807) is 0 Å². The molecule has 0 unspecified atom stereocenters. The summed E-state index contributed by atoms with van der Waals surface area (Å²) in [5.74, 6) is -1.44. The molecular weight excluding hydrogens is 350 g/mol. The van der Waals surface area contributed by atoms with Crippen LogP contribution in [-0.2, 0) is 49.9 Å². The second-order valence-electron chi connectivity index (χ2n) is 5.88. The molecule has 2 rings (SSSR count). The number of carbonyl (C=O) groups excluding carboxylic acids is 3. The highest BCUT2D eigenvalue weighted by molar-refractivity contribution is 5.90.